The van der Waals surface area contributed by atoms with Gasteiger partial charge in [-0.2, -0.15) is 0 Å². The number of rotatable bonds is 6. The van der Waals surface area contributed by atoms with E-state index in [9.17, 15) is 19.5 Å². The van der Waals surface area contributed by atoms with Crippen LogP contribution in [0.15, 0.2) is 48.5 Å². The van der Waals surface area contributed by atoms with Crippen LogP contribution in [0.25, 0.3) is 0 Å². The lowest BCUT2D eigenvalue weighted by Gasteiger charge is -2.11. The van der Waals surface area contributed by atoms with E-state index in [0.29, 0.717) is 5.69 Å². The summed E-state index contributed by atoms with van der Waals surface area (Å²) in [6.45, 7) is -0.196. The van der Waals surface area contributed by atoms with Crippen LogP contribution < -0.4 is 10.6 Å². The Morgan fingerprint density at radius 1 is 0.870 bits per heavy atom. The number of carbonyl (C=O) groups is 3. The molecule has 0 aliphatic heterocycles. The van der Waals surface area contributed by atoms with Gasteiger partial charge in [0.25, 0.3) is 0 Å². The molecule has 0 unspecified atom stereocenters. The van der Waals surface area contributed by atoms with Crippen LogP contribution in [0.4, 0.5) is 11.4 Å². The SMILES string of the molecule is O=C(CNc1cccc(C(=O)O)c1C(=O)O)Nc1ccccc1. The molecule has 23 heavy (non-hydrogen) atoms. The Hall–Kier alpha value is -3.35. The first-order valence-corrected chi connectivity index (χ1v) is 6.67. The summed E-state index contributed by atoms with van der Waals surface area (Å²) in [5.74, 6) is -3.11. The fourth-order valence-electron chi connectivity index (χ4n) is 2.01. The molecule has 4 N–H and O–H groups in total. The van der Waals surface area contributed by atoms with E-state index in [1.54, 1.807) is 24.3 Å². The molecule has 0 saturated heterocycles. The van der Waals surface area contributed by atoms with Gasteiger partial charge in [-0.15, -0.1) is 0 Å². The molecule has 0 bridgehead atoms. The summed E-state index contributed by atoms with van der Waals surface area (Å²) in [7, 11) is 0. The smallest absolute Gasteiger partial charge is 0.338 e. The molecule has 0 aliphatic rings. The predicted molar refractivity (Wildman–Crippen MR) is 83.9 cm³/mol. The second-order valence-electron chi connectivity index (χ2n) is 4.61. The van der Waals surface area contributed by atoms with Gasteiger partial charge in [-0.25, -0.2) is 9.59 Å². The van der Waals surface area contributed by atoms with Crippen molar-refractivity contribution in [3.05, 3.63) is 59.7 Å². The van der Waals surface area contributed by atoms with Gasteiger partial charge < -0.3 is 20.8 Å². The number of anilines is 2. The highest BCUT2D eigenvalue weighted by atomic mass is 16.4. The molecule has 7 nitrogen and oxygen atoms in total. The van der Waals surface area contributed by atoms with Crippen molar-refractivity contribution in [2.24, 2.45) is 0 Å². The minimum absolute atomic E-state index is 0.0700. The maximum atomic E-state index is 11.8. The lowest BCUT2D eigenvalue weighted by molar-refractivity contribution is -0.114. The van der Waals surface area contributed by atoms with Crippen LogP contribution in [-0.4, -0.2) is 34.6 Å². The Bertz CT molecular complexity index is 743. The normalized spacial score (nSPS) is 9.91. The Labute approximate surface area is 131 Å². The molecule has 0 aromatic heterocycles. The summed E-state index contributed by atoms with van der Waals surface area (Å²) in [6.07, 6.45) is 0. The predicted octanol–water partition coefficient (Wildman–Crippen LogP) is 2.13. The number of hydrogen-bond donors (Lipinski definition) is 4. The molecular formula is C16H14N2O5. The molecule has 118 valence electrons. The van der Waals surface area contributed by atoms with Crippen LogP contribution in [0, 0.1) is 0 Å². The van der Waals surface area contributed by atoms with E-state index >= 15 is 0 Å². The molecule has 7 heteroatoms. The van der Waals surface area contributed by atoms with Gasteiger partial charge in [0.15, 0.2) is 0 Å². The van der Waals surface area contributed by atoms with Crippen LogP contribution in [0.3, 0.4) is 0 Å². The number of amides is 1. The van der Waals surface area contributed by atoms with Crippen LogP contribution in [0.2, 0.25) is 0 Å². The average Bonchev–Trinajstić information content (AvgIpc) is 2.53. The summed E-state index contributed by atoms with van der Waals surface area (Å²) < 4.78 is 0. The minimum Gasteiger partial charge on any atom is -0.478 e. The number of para-hydroxylation sites is 1. The van der Waals surface area contributed by atoms with E-state index < -0.39 is 11.9 Å². The molecule has 2 aromatic carbocycles. The van der Waals surface area contributed by atoms with Crippen molar-refractivity contribution in [2.45, 2.75) is 0 Å². The molecule has 0 spiro atoms. The Morgan fingerprint density at radius 3 is 2.17 bits per heavy atom. The number of carboxylic acid groups (broad SMARTS) is 2. The van der Waals surface area contributed by atoms with Crippen molar-refractivity contribution >= 4 is 29.2 Å². The first-order valence-electron chi connectivity index (χ1n) is 6.67. The monoisotopic (exact) mass is 314 g/mol. The number of carboxylic acids is 2. The van der Waals surface area contributed by atoms with Gasteiger partial charge in [-0.1, -0.05) is 24.3 Å². The molecule has 0 radical (unpaired) electrons. The summed E-state index contributed by atoms with van der Waals surface area (Å²) in [5, 5.41) is 23.5. The lowest BCUT2D eigenvalue weighted by Crippen LogP contribution is -2.23. The van der Waals surface area contributed by atoms with Crippen LogP contribution >= 0.6 is 0 Å². The van der Waals surface area contributed by atoms with E-state index in [0.717, 1.165) is 0 Å². The summed E-state index contributed by atoms with van der Waals surface area (Å²) in [6, 6.07) is 12.8. The fourth-order valence-corrected chi connectivity index (χ4v) is 2.01. The fraction of sp³-hybridized carbons (Fsp3) is 0.0625. The molecule has 0 saturated carbocycles. The third kappa shape index (κ3) is 4.07. The number of carbonyl (C=O) groups excluding carboxylic acids is 1. The van der Waals surface area contributed by atoms with Crippen molar-refractivity contribution in [1.29, 1.82) is 0 Å². The van der Waals surface area contributed by atoms with E-state index in [1.165, 1.54) is 18.2 Å². The van der Waals surface area contributed by atoms with E-state index in [1.807, 2.05) is 6.07 Å². The zero-order chi connectivity index (χ0) is 16.8. The van der Waals surface area contributed by atoms with Gasteiger partial charge in [0.05, 0.1) is 23.4 Å². The highest BCUT2D eigenvalue weighted by Crippen LogP contribution is 2.20. The third-order valence-electron chi connectivity index (χ3n) is 3.01. The van der Waals surface area contributed by atoms with Crippen LogP contribution in [0.1, 0.15) is 20.7 Å². The second kappa shape index (κ2) is 7.08. The Morgan fingerprint density at radius 2 is 1.57 bits per heavy atom. The number of aromatic carboxylic acids is 2. The third-order valence-corrected chi connectivity index (χ3v) is 3.01. The van der Waals surface area contributed by atoms with Gasteiger partial charge in [0.2, 0.25) is 5.91 Å². The largest absolute Gasteiger partial charge is 0.478 e. The van der Waals surface area contributed by atoms with Gasteiger partial charge >= 0.3 is 11.9 Å². The molecule has 1 amide bonds. The molecule has 2 aromatic rings. The zero-order valence-electron chi connectivity index (χ0n) is 11.9. The quantitative estimate of drug-likeness (QED) is 0.649. The Kier molecular flexibility index (Phi) is 4.93. The van der Waals surface area contributed by atoms with Crippen molar-refractivity contribution < 1.29 is 24.6 Å². The number of hydrogen-bond acceptors (Lipinski definition) is 4. The van der Waals surface area contributed by atoms with E-state index in [-0.39, 0.29) is 29.3 Å². The zero-order valence-corrected chi connectivity index (χ0v) is 11.9. The standard InChI is InChI=1S/C16H14N2O5/c19-13(18-10-5-2-1-3-6-10)9-17-12-8-4-7-11(15(20)21)14(12)16(22)23/h1-8,17H,9H2,(H,18,19)(H,20,21)(H,22,23). The van der Waals surface area contributed by atoms with Gasteiger partial charge in [0.1, 0.15) is 0 Å². The van der Waals surface area contributed by atoms with Crippen molar-refractivity contribution in [1.82, 2.24) is 0 Å². The minimum atomic E-state index is -1.38. The number of benzene rings is 2. The summed E-state index contributed by atoms with van der Waals surface area (Å²) >= 11 is 0. The highest BCUT2D eigenvalue weighted by molar-refractivity contribution is 6.06. The van der Waals surface area contributed by atoms with Crippen molar-refractivity contribution in [3.8, 4) is 0 Å². The molecule has 0 atom stereocenters. The molecule has 0 fully saturated rings. The first kappa shape index (κ1) is 16.0. The van der Waals surface area contributed by atoms with Gasteiger partial charge in [-0.05, 0) is 24.3 Å². The maximum absolute atomic E-state index is 11.8. The molecule has 0 aliphatic carbocycles. The second-order valence-corrected chi connectivity index (χ2v) is 4.61. The lowest BCUT2D eigenvalue weighted by atomic mass is 10.1. The Balaban J connectivity index is 2.11. The molecule has 0 heterocycles. The first-order chi connectivity index (χ1) is 11.0. The highest BCUT2D eigenvalue weighted by Gasteiger charge is 2.20. The van der Waals surface area contributed by atoms with E-state index in [2.05, 4.69) is 10.6 Å². The van der Waals surface area contributed by atoms with Crippen molar-refractivity contribution in [2.75, 3.05) is 17.2 Å². The van der Waals surface area contributed by atoms with Crippen LogP contribution in [-0.2, 0) is 4.79 Å². The maximum Gasteiger partial charge on any atom is 0.338 e. The molecular weight excluding hydrogens is 300 g/mol. The molecule has 2 rings (SSSR count). The van der Waals surface area contributed by atoms with Crippen molar-refractivity contribution in [3.63, 3.8) is 0 Å². The number of nitrogens with one attached hydrogen (secondary N) is 2. The van der Waals surface area contributed by atoms with E-state index in [4.69, 9.17) is 5.11 Å². The van der Waals surface area contributed by atoms with Gasteiger partial charge in [0, 0.05) is 5.69 Å². The van der Waals surface area contributed by atoms with Gasteiger partial charge in [-0.3, -0.25) is 4.79 Å². The topological polar surface area (TPSA) is 116 Å². The average molecular weight is 314 g/mol. The summed E-state index contributed by atoms with van der Waals surface area (Å²) in [5.41, 5.74) is -0.0452. The van der Waals surface area contributed by atoms with Crippen LogP contribution in [0.5, 0.6) is 0 Å². The summed E-state index contributed by atoms with van der Waals surface area (Å²) in [4.78, 5) is 34.2.